The number of nitrogens with one attached hydrogen (secondary N) is 3. The largest absolute Gasteiger partial charge is 0.480 e. The lowest BCUT2D eigenvalue weighted by atomic mass is 10.0. The summed E-state index contributed by atoms with van der Waals surface area (Å²) in [6.45, 7) is 4.88. The summed E-state index contributed by atoms with van der Waals surface area (Å²) in [5.74, 6) is -3.06. The van der Waals surface area contributed by atoms with Crippen LogP contribution in [0.2, 0.25) is 0 Å². The first-order valence-corrected chi connectivity index (χ1v) is 9.73. The van der Waals surface area contributed by atoms with Gasteiger partial charge in [-0.2, -0.15) is 0 Å². The number of hydrogen-bond donors (Lipinski definition) is 7. The van der Waals surface area contributed by atoms with Gasteiger partial charge in [0.2, 0.25) is 17.7 Å². The molecule has 11 heteroatoms. The molecule has 0 aromatic carbocycles. The summed E-state index contributed by atoms with van der Waals surface area (Å²) in [6, 6.07) is -4.22. The number of aliphatic hydroxyl groups is 1. The van der Waals surface area contributed by atoms with Crippen molar-refractivity contribution >= 4 is 23.7 Å². The second kappa shape index (κ2) is 13.9. The van der Waals surface area contributed by atoms with Crippen LogP contribution in [-0.2, 0) is 19.2 Å². The Morgan fingerprint density at radius 2 is 1.45 bits per heavy atom. The van der Waals surface area contributed by atoms with E-state index in [4.69, 9.17) is 21.7 Å². The average molecular weight is 418 g/mol. The summed E-state index contributed by atoms with van der Waals surface area (Å²) in [5, 5.41) is 25.4. The minimum atomic E-state index is -1.20. The molecule has 0 aromatic rings. The molecule has 9 N–H and O–H groups in total. The monoisotopic (exact) mass is 417 g/mol. The van der Waals surface area contributed by atoms with Crippen molar-refractivity contribution in [1.29, 1.82) is 0 Å². The average Bonchev–Trinajstić information content (AvgIpc) is 2.65. The predicted octanol–water partition coefficient (Wildman–Crippen LogP) is -1.96. The summed E-state index contributed by atoms with van der Waals surface area (Å²) < 4.78 is 0. The molecule has 4 unspecified atom stereocenters. The highest BCUT2D eigenvalue weighted by Crippen LogP contribution is 2.08. The zero-order chi connectivity index (χ0) is 22.6. The highest BCUT2D eigenvalue weighted by atomic mass is 16.4. The first-order valence-electron chi connectivity index (χ1n) is 9.73. The van der Waals surface area contributed by atoms with Gasteiger partial charge in [0.05, 0.1) is 6.61 Å². The Morgan fingerprint density at radius 1 is 0.897 bits per heavy atom. The van der Waals surface area contributed by atoms with Crippen molar-refractivity contribution in [3.63, 3.8) is 0 Å². The highest BCUT2D eigenvalue weighted by Gasteiger charge is 2.29. The lowest BCUT2D eigenvalue weighted by Gasteiger charge is -2.25. The highest BCUT2D eigenvalue weighted by molar-refractivity contribution is 5.94. The summed E-state index contributed by atoms with van der Waals surface area (Å²) >= 11 is 0. The van der Waals surface area contributed by atoms with Crippen molar-refractivity contribution in [2.45, 2.75) is 70.6 Å². The SMILES string of the molecule is CC(C)CC(NC(=O)C(CCCCN)NC(=O)C(N)CO)C(=O)NC(C)C(=O)O. The maximum atomic E-state index is 12.7. The van der Waals surface area contributed by atoms with Crippen LogP contribution in [0.5, 0.6) is 0 Å². The van der Waals surface area contributed by atoms with Crippen LogP contribution in [0.25, 0.3) is 0 Å². The normalized spacial score (nSPS) is 15.1. The first kappa shape index (κ1) is 26.8. The number of aliphatic carboxylic acids is 1. The lowest BCUT2D eigenvalue weighted by Crippen LogP contribution is -2.57. The molecule has 11 nitrogen and oxygen atoms in total. The Balaban J connectivity index is 5.27. The van der Waals surface area contributed by atoms with Crippen molar-refractivity contribution in [3.05, 3.63) is 0 Å². The van der Waals surface area contributed by atoms with Crippen LogP contribution in [0.4, 0.5) is 0 Å². The van der Waals surface area contributed by atoms with Gasteiger partial charge in [-0.05, 0) is 45.1 Å². The van der Waals surface area contributed by atoms with Crippen LogP contribution in [0, 0.1) is 5.92 Å². The fraction of sp³-hybridized carbons (Fsp3) is 0.778. The van der Waals surface area contributed by atoms with Gasteiger partial charge in [0.15, 0.2) is 0 Å². The van der Waals surface area contributed by atoms with Crippen molar-refractivity contribution in [1.82, 2.24) is 16.0 Å². The molecule has 0 aromatic heterocycles. The molecule has 0 saturated heterocycles. The molecule has 0 saturated carbocycles. The Kier molecular flexibility index (Phi) is 12.8. The number of nitrogens with two attached hydrogens (primary N) is 2. The Morgan fingerprint density at radius 3 is 1.93 bits per heavy atom. The van der Waals surface area contributed by atoms with Gasteiger partial charge in [-0.15, -0.1) is 0 Å². The van der Waals surface area contributed by atoms with Gasteiger partial charge in [0.25, 0.3) is 0 Å². The van der Waals surface area contributed by atoms with Crippen molar-refractivity contribution < 1.29 is 29.4 Å². The van der Waals surface area contributed by atoms with E-state index in [1.165, 1.54) is 6.92 Å². The molecule has 0 rings (SSSR count). The van der Waals surface area contributed by atoms with E-state index in [1.807, 2.05) is 13.8 Å². The fourth-order valence-electron chi connectivity index (χ4n) is 2.47. The molecule has 0 aliphatic heterocycles. The number of carbonyl (C=O) groups excluding carboxylic acids is 3. The molecule has 0 bridgehead atoms. The molecule has 29 heavy (non-hydrogen) atoms. The molecular formula is C18H35N5O6. The van der Waals surface area contributed by atoms with E-state index in [1.54, 1.807) is 0 Å². The van der Waals surface area contributed by atoms with Crippen LogP contribution >= 0.6 is 0 Å². The van der Waals surface area contributed by atoms with Gasteiger partial charge in [0, 0.05) is 0 Å². The van der Waals surface area contributed by atoms with Crippen LogP contribution in [0.1, 0.15) is 46.5 Å². The second-order valence-corrected chi connectivity index (χ2v) is 7.39. The van der Waals surface area contributed by atoms with E-state index in [0.717, 1.165) is 0 Å². The van der Waals surface area contributed by atoms with Crippen molar-refractivity contribution in [2.75, 3.05) is 13.2 Å². The van der Waals surface area contributed by atoms with E-state index in [9.17, 15) is 19.2 Å². The third kappa shape index (κ3) is 10.8. The maximum absolute atomic E-state index is 12.7. The smallest absolute Gasteiger partial charge is 0.325 e. The van der Waals surface area contributed by atoms with Gasteiger partial charge in [-0.1, -0.05) is 13.8 Å². The van der Waals surface area contributed by atoms with E-state index >= 15 is 0 Å². The number of hydrogen-bond acceptors (Lipinski definition) is 7. The summed E-state index contributed by atoms with van der Waals surface area (Å²) in [4.78, 5) is 48.2. The van der Waals surface area contributed by atoms with Crippen LogP contribution in [0.15, 0.2) is 0 Å². The third-order valence-electron chi connectivity index (χ3n) is 4.18. The van der Waals surface area contributed by atoms with E-state index in [-0.39, 0.29) is 18.8 Å². The molecular weight excluding hydrogens is 382 g/mol. The quantitative estimate of drug-likeness (QED) is 0.158. The van der Waals surface area contributed by atoms with Crippen LogP contribution in [0.3, 0.4) is 0 Å². The Hall–Kier alpha value is -2.24. The maximum Gasteiger partial charge on any atom is 0.325 e. The number of carbonyl (C=O) groups is 4. The van der Waals surface area contributed by atoms with Gasteiger partial charge in [0.1, 0.15) is 24.2 Å². The molecule has 0 fully saturated rings. The van der Waals surface area contributed by atoms with Gasteiger partial charge in [-0.25, -0.2) is 0 Å². The minimum absolute atomic E-state index is 0.0410. The molecule has 4 atom stereocenters. The van der Waals surface area contributed by atoms with E-state index in [0.29, 0.717) is 19.4 Å². The predicted molar refractivity (Wildman–Crippen MR) is 107 cm³/mol. The number of amides is 3. The van der Waals surface area contributed by atoms with Crippen LogP contribution < -0.4 is 27.4 Å². The number of aliphatic hydroxyl groups excluding tert-OH is 1. The summed E-state index contributed by atoms with van der Waals surface area (Å²) in [5.41, 5.74) is 11.0. The number of carboxylic acids is 1. The zero-order valence-corrected chi connectivity index (χ0v) is 17.3. The summed E-state index contributed by atoms with van der Waals surface area (Å²) in [7, 11) is 0. The lowest BCUT2D eigenvalue weighted by molar-refractivity contribution is -0.142. The van der Waals surface area contributed by atoms with Crippen LogP contribution in [-0.4, -0.2) is 71.2 Å². The third-order valence-corrected chi connectivity index (χ3v) is 4.18. The zero-order valence-electron chi connectivity index (χ0n) is 17.3. The van der Waals surface area contributed by atoms with Crippen molar-refractivity contribution in [2.24, 2.45) is 17.4 Å². The van der Waals surface area contributed by atoms with Gasteiger partial charge >= 0.3 is 5.97 Å². The van der Waals surface area contributed by atoms with E-state index in [2.05, 4.69) is 16.0 Å². The standard InChI is InChI=1S/C18H35N5O6/c1-10(2)8-14(17(27)21-11(3)18(28)29)23-16(26)13(6-4-5-7-19)22-15(25)12(20)9-24/h10-14,24H,4-9,19-20H2,1-3H3,(H,21,27)(H,22,25)(H,23,26)(H,28,29). The molecule has 0 aliphatic rings. The van der Waals surface area contributed by atoms with Crippen molar-refractivity contribution in [3.8, 4) is 0 Å². The molecule has 0 heterocycles. The topological polar surface area (TPSA) is 197 Å². The van der Waals surface area contributed by atoms with Gasteiger partial charge < -0.3 is 37.6 Å². The number of rotatable bonds is 14. The fourth-order valence-corrected chi connectivity index (χ4v) is 2.47. The first-order chi connectivity index (χ1) is 13.5. The summed E-state index contributed by atoms with van der Waals surface area (Å²) in [6.07, 6.45) is 1.75. The Bertz CT molecular complexity index is 557. The van der Waals surface area contributed by atoms with Gasteiger partial charge in [-0.3, -0.25) is 19.2 Å². The minimum Gasteiger partial charge on any atom is -0.480 e. The second-order valence-electron chi connectivity index (χ2n) is 7.39. The molecule has 0 spiro atoms. The number of carboxylic acid groups (broad SMARTS) is 1. The number of unbranched alkanes of at least 4 members (excludes halogenated alkanes) is 1. The molecule has 168 valence electrons. The molecule has 3 amide bonds. The van der Waals surface area contributed by atoms with E-state index < -0.39 is 54.5 Å². The molecule has 0 aliphatic carbocycles. The Labute approximate surface area is 171 Å². The molecule has 0 radical (unpaired) electrons.